The van der Waals surface area contributed by atoms with E-state index in [9.17, 15) is 9.18 Å². The molecule has 0 radical (unpaired) electrons. The molecule has 0 bridgehead atoms. The molecule has 6 heteroatoms. The molecule has 3 aromatic rings. The third-order valence-electron chi connectivity index (χ3n) is 4.26. The lowest BCUT2D eigenvalue weighted by molar-refractivity contribution is -0.135. The zero-order valence-electron chi connectivity index (χ0n) is 13.4. The second kappa shape index (κ2) is 6.98. The minimum Gasteiger partial charge on any atom is -0.484 e. The fourth-order valence-electron chi connectivity index (χ4n) is 3.12. The van der Waals surface area contributed by atoms with Crippen molar-refractivity contribution in [3.8, 4) is 5.75 Å². The third-order valence-corrected chi connectivity index (χ3v) is 6.18. The van der Waals surface area contributed by atoms with E-state index in [1.807, 2.05) is 16.3 Å². The Balaban J connectivity index is 1.55. The predicted molar refractivity (Wildman–Crippen MR) is 97.8 cm³/mol. The summed E-state index contributed by atoms with van der Waals surface area (Å²) < 4.78 is 18.8. The quantitative estimate of drug-likeness (QED) is 0.674. The molecule has 0 aliphatic carbocycles. The molecule has 0 spiro atoms. The molecular formula is C19H16FNO2S2. The van der Waals surface area contributed by atoms with Gasteiger partial charge in [0.05, 0.1) is 6.04 Å². The van der Waals surface area contributed by atoms with Crippen molar-refractivity contribution in [2.45, 2.75) is 12.5 Å². The topological polar surface area (TPSA) is 29.5 Å². The van der Waals surface area contributed by atoms with Gasteiger partial charge in [-0.2, -0.15) is 0 Å². The predicted octanol–water partition coefficient (Wildman–Crippen LogP) is 4.50. The fraction of sp³-hybridized carbons (Fsp3) is 0.211. The van der Waals surface area contributed by atoms with Crippen LogP contribution in [0.4, 0.5) is 4.39 Å². The lowest BCUT2D eigenvalue weighted by Gasteiger charge is -2.35. The third kappa shape index (κ3) is 3.32. The lowest BCUT2D eigenvalue weighted by atomic mass is 9.98. The summed E-state index contributed by atoms with van der Waals surface area (Å²) >= 11 is 3.40. The van der Waals surface area contributed by atoms with E-state index in [0.717, 1.165) is 11.3 Å². The first-order chi connectivity index (χ1) is 12.2. The average Bonchev–Trinajstić information content (AvgIpc) is 3.30. The van der Waals surface area contributed by atoms with Crippen LogP contribution in [0.3, 0.4) is 0 Å². The van der Waals surface area contributed by atoms with Crippen LogP contribution < -0.4 is 4.74 Å². The largest absolute Gasteiger partial charge is 0.484 e. The molecule has 2 aromatic heterocycles. The summed E-state index contributed by atoms with van der Waals surface area (Å²) in [6, 6.07) is 12.0. The molecule has 1 atom stereocenters. The molecule has 0 saturated carbocycles. The lowest BCUT2D eigenvalue weighted by Crippen LogP contribution is -2.42. The van der Waals surface area contributed by atoms with Crippen molar-refractivity contribution >= 4 is 28.6 Å². The SMILES string of the molecule is O=C(COc1cccc(F)c1)N1CCc2sccc2[C@@H]1c1cccs1. The van der Waals surface area contributed by atoms with Gasteiger partial charge in [-0.15, -0.1) is 22.7 Å². The Morgan fingerprint density at radius 1 is 1.20 bits per heavy atom. The van der Waals surface area contributed by atoms with Crippen LogP contribution in [0.1, 0.15) is 21.4 Å². The molecule has 4 rings (SSSR count). The number of hydrogen-bond donors (Lipinski definition) is 0. The van der Waals surface area contributed by atoms with Crippen molar-refractivity contribution in [1.82, 2.24) is 4.90 Å². The Morgan fingerprint density at radius 2 is 2.12 bits per heavy atom. The minimum absolute atomic E-state index is 0.0568. The van der Waals surface area contributed by atoms with E-state index in [1.165, 1.54) is 22.6 Å². The van der Waals surface area contributed by atoms with Gasteiger partial charge in [-0.1, -0.05) is 12.1 Å². The molecule has 0 fully saturated rings. The molecule has 1 aliphatic heterocycles. The maximum Gasteiger partial charge on any atom is 0.261 e. The summed E-state index contributed by atoms with van der Waals surface area (Å²) in [6.07, 6.45) is 0.862. The van der Waals surface area contributed by atoms with Crippen LogP contribution in [0, 0.1) is 5.82 Å². The maximum atomic E-state index is 13.3. The standard InChI is InChI=1S/C19H16FNO2S2/c20-13-3-1-4-14(11-13)23-12-18(22)21-8-6-16-15(7-10-25-16)19(21)17-5-2-9-24-17/h1-5,7,9-11,19H,6,8,12H2/t19-/m1/s1. The van der Waals surface area contributed by atoms with E-state index in [0.29, 0.717) is 12.3 Å². The first-order valence-electron chi connectivity index (χ1n) is 8.00. The molecule has 1 aromatic carbocycles. The Kier molecular flexibility index (Phi) is 4.55. The Labute approximate surface area is 153 Å². The van der Waals surface area contributed by atoms with Crippen LogP contribution in [0.5, 0.6) is 5.75 Å². The number of carbonyl (C=O) groups is 1. The first-order valence-corrected chi connectivity index (χ1v) is 9.76. The van der Waals surface area contributed by atoms with Crippen molar-refractivity contribution in [1.29, 1.82) is 0 Å². The zero-order chi connectivity index (χ0) is 17.2. The number of rotatable bonds is 4. The molecule has 128 valence electrons. The van der Waals surface area contributed by atoms with E-state index < -0.39 is 0 Å². The molecule has 0 saturated heterocycles. The highest BCUT2D eigenvalue weighted by atomic mass is 32.1. The smallest absolute Gasteiger partial charge is 0.261 e. The van der Waals surface area contributed by atoms with E-state index in [1.54, 1.807) is 34.8 Å². The van der Waals surface area contributed by atoms with Gasteiger partial charge in [0, 0.05) is 22.4 Å². The van der Waals surface area contributed by atoms with Crippen LogP contribution in [0.2, 0.25) is 0 Å². The summed E-state index contributed by atoms with van der Waals surface area (Å²) in [5.74, 6) is -0.0870. The second-order valence-electron chi connectivity index (χ2n) is 5.80. The highest BCUT2D eigenvalue weighted by Crippen LogP contribution is 2.39. The number of halogens is 1. The number of carbonyl (C=O) groups excluding carboxylic acids is 1. The number of ether oxygens (including phenoxy) is 1. The summed E-state index contributed by atoms with van der Waals surface area (Å²) in [5, 5.41) is 4.12. The summed E-state index contributed by atoms with van der Waals surface area (Å²) in [7, 11) is 0. The zero-order valence-corrected chi connectivity index (χ0v) is 15.0. The minimum atomic E-state index is -0.373. The van der Waals surface area contributed by atoms with Crippen LogP contribution in [-0.4, -0.2) is 24.0 Å². The van der Waals surface area contributed by atoms with E-state index >= 15 is 0 Å². The Bertz CT molecular complexity index is 875. The van der Waals surface area contributed by atoms with Gasteiger partial charge in [-0.05, 0) is 47.0 Å². The number of nitrogens with zero attached hydrogens (tertiary/aromatic N) is 1. The summed E-state index contributed by atoms with van der Waals surface area (Å²) in [4.78, 5) is 17.2. The number of benzene rings is 1. The van der Waals surface area contributed by atoms with Gasteiger partial charge >= 0.3 is 0 Å². The van der Waals surface area contributed by atoms with E-state index in [-0.39, 0.29) is 24.4 Å². The maximum absolute atomic E-state index is 13.3. The fourth-order valence-corrected chi connectivity index (χ4v) is 4.88. The number of thiophene rings is 2. The highest BCUT2D eigenvalue weighted by molar-refractivity contribution is 7.10. The van der Waals surface area contributed by atoms with Gasteiger partial charge in [-0.3, -0.25) is 4.79 Å². The Hall–Kier alpha value is -2.18. The van der Waals surface area contributed by atoms with Gasteiger partial charge in [0.1, 0.15) is 11.6 Å². The molecule has 25 heavy (non-hydrogen) atoms. The molecule has 3 heterocycles. The summed E-state index contributed by atoms with van der Waals surface area (Å²) in [5.41, 5.74) is 1.21. The van der Waals surface area contributed by atoms with Gasteiger partial charge in [0.15, 0.2) is 6.61 Å². The molecular weight excluding hydrogens is 357 g/mol. The molecule has 0 unspecified atom stereocenters. The van der Waals surface area contributed by atoms with Crippen LogP contribution in [-0.2, 0) is 11.2 Å². The first kappa shape index (κ1) is 16.3. The number of amides is 1. The second-order valence-corrected chi connectivity index (χ2v) is 7.78. The van der Waals surface area contributed by atoms with Crippen LogP contribution in [0.15, 0.2) is 53.2 Å². The normalized spacial score (nSPS) is 16.5. The Morgan fingerprint density at radius 3 is 2.92 bits per heavy atom. The van der Waals surface area contributed by atoms with Crippen molar-refractivity contribution in [2.75, 3.05) is 13.2 Å². The number of fused-ring (bicyclic) bond motifs is 1. The van der Waals surface area contributed by atoms with Gasteiger partial charge in [0.2, 0.25) is 0 Å². The summed E-state index contributed by atoms with van der Waals surface area (Å²) in [6.45, 7) is 0.576. The van der Waals surface area contributed by atoms with Gasteiger partial charge in [-0.25, -0.2) is 4.39 Å². The van der Waals surface area contributed by atoms with Gasteiger partial charge in [0.25, 0.3) is 5.91 Å². The molecule has 1 amide bonds. The molecule has 0 N–H and O–H groups in total. The molecule has 1 aliphatic rings. The number of hydrogen-bond acceptors (Lipinski definition) is 4. The van der Waals surface area contributed by atoms with E-state index in [4.69, 9.17) is 4.74 Å². The van der Waals surface area contributed by atoms with Gasteiger partial charge < -0.3 is 9.64 Å². The van der Waals surface area contributed by atoms with E-state index in [2.05, 4.69) is 17.5 Å². The van der Waals surface area contributed by atoms with Crippen molar-refractivity contribution in [3.63, 3.8) is 0 Å². The van der Waals surface area contributed by atoms with Crippen LogP contribution in [0.25, 0.3) is 0 Å². The molecule has 3 nitrogen and oxygen atoms in total. The van der Waals surface area contributed by atoms with Crippen molar-refractivity contribution in [2.24, 2.45) is 0 Å². The van der Waals surface area contributed by atoms with Crippen molar-refractivity contribution < 1.29 is 13.9 Å². The highest BCUT2D eigenvalue weighted by Gasteiger charge is 2.33. The van der Waals surface area contributed by atoms with Crippen molar-refractivity contribution in [3.05, 3.63) is 74.4 Å². The average molecular weight is 373 g/mol. The monoisotopic (exact) mass is 373 g/mol. The van der Waals surface area contributed by atoms with Crippen LogP contribution >= 0.6 is 22.7 Å².